The first-order valence-electron chi connectivity index (χ1n) is 6.40. The summed E-state index contributed by atoms with van der Waals surface area (Å²) in [4.78, 5) is 23.8. The van der Waals surface area contributed by atoms with Crippen LogP contribution in [0.5, 0.6) is 0 Å². The highest BCUT2D eigenvalue weighted by molar-refractivity contribution is 5.96. The molecule has 7 nitrogen and oxygen atoms in total. The fourth-order valence-corrected chi connectivity index (χ4v) is 2.23. The average molecular weight is 280 g/mol. The van der Waals surface area contributed by atoms with E-state index < -0.39 is 4.92 Å². The minimum atomic E-state index is -0.439. The van der Waals surface area contributed by atoms with Crippen molar-refractivity contribution in [1.82, 2.24) is 0 Å². The van der Waals surface area contributed by atoms with Crippen molar-refractivity contribution in [2.45, 2.75) is 12.8 Å². The third kappa shape index (κ3) is 3.12. The molecule has 2 rings (SSSR count). The molecule has 1 heterocycles. The van der Waals surface area contributed by atoms with Crippen LogP contribution in [0, 0.1) is 10.1 Å². The summed E-state index contributed by atoms with van der Waals surface area (Å²) in [6.45, 7) is 0.873. The number of benzene rings is 1. The molecule has 0 radical (unpaired) electrons. The number of rotatable bonds is 6. The van der Waals surface area contributed by atoms with Gasteiger partial charge in [-0.2, -0.15) is 0 Å². The zero-order chi connectivity index (χ0) is 14.5. The molecule has 20 heavy (non-hydrogen) atoms. The fraction of sp³-hybridized carbons (Fsp3) is 0.462. The summed E-state index contributed by atoms with van der Waals surface area (Å²) in [7, 11) is 0. The van der Waals surface area contributed by atoms with Crippen molar-refractivity contribution >= 4 is 17.3 Å². The summed E-state index contributed by atoms with van der Waals surface area (Å²) in [6.07, 6.45) is 0.859. The first kappa shape index (κ1) is 14.4. The molecule has 0 spiro atoms. The van der Waals surface area contributed by atoms with E-state index in [-0.39, 0.29) is 24.8 Å². The van der Waals surface area contributed by atoms with Gasteiger partial charge in [-0.3, -0.25) is 14.9 Å². The van der Waals surface area contributed by atoms with E-state index >= 15 is 0 Å². The molecule has 0 aliphatic carbocycles. The summed E-state index contributed by atoms with van der Waals surface area (Å²) in [5.41, 5.74) is 1.55. The van der Waals surface area contributed by atoms with Crippen molar-refractivity contribution < 1.29 is 19.6 Å². The molecule has 1 aliphatic rings. The van der Waals surface area contributed by atoms with Gasteiger partial charge in [-0.15, -0.1) is 0 Å². The van der Waals surface area contributed by atoms with Crippen molar-refractivity contribution in [3.63, 3.8) is 0 Å². The number of anilines is 1. The number of nitrogens with zero attached hydrogens (tertiary/aromatic N) is 2. The molecule has 7 heteroatoms. The maximum Gasteiger partial charge on any atom is 0.269 e. The van der Waals surface area contributed by atoms with E-state index in [0.29, 0.717) is 31.7 Å². The van der Waals surface area contributed by atoms with Crippen LogP contribution < -0.4 is 4.90 Å². The molecule has 1 aromatic carbocycles. The molecule has 0 fully saturated rings. The summed E-state index contributed by atoms with van der Waals surface area (Å²) in [5, 5.41) is 19.4. The Hall–Kier alpha value is -1.99. The van der Waals surface area contributed by atoms with Crippen LogP contribution in [0.4, 0.5) is 11.4 Å². The maximum atomic E-state index is 11.9. The number of fused-ring (bicyclic) bond motifs is 1. The monoisotopic (exact) mass is 280 g/mol. The Kier molecular flexibility index (Phi) is 4.65. The molecule has 0 saturated heterocycles. The Morgan fingerprint density at radius 1 is 1.35 bits per heavy atom. The second-order valence-corrected chi connectivity index (χ2v) is 4.45. The largest absolute Gasteiger partial charge is 0.394 e. The molecule has 0 saturated carbocycles. The van der Waals surface area contributed by atoms with Gasteiger partial charge in [0.25, 0.3) is 5.69 Å². The molecule has 1 aromatic rings. The number of ether oxygens (including phenoxy) is 1. The standard InChI is InChI=1S/C13H16N2O5/c16-6-8-20-7-5-14-12-3-2-11(15(18)19)9-10(12)1-4-13(14)17/h2-3,9,16H,1,4-8H2. The van der Waals surface area contributed by atoms with Gasteiger partial charge in [0.15, 0.2) is 0 Å². The topological polar surface area (TPSA) is 92.9 Å². The lowest BCUT2D eigenvalue weighted by Crippen LogP contribution is -2.37. The zero-order valence-corrected chi connectivity index (χ0v) is 10.9. The lowest BCUT2D eigenvalue weighted by molar-refractivity contribution is -0.384. The first-order valence-corrected chi connectivity index (χ1v) is 6.40. The molecule has 0 unspecified atom stereocenters. The van der Waals surface area contributed by atoms with Crippen LogP contribution >= 0.6 is 0 Å². The molecule has 0 aromatic heterocycles. The van der Waals surface area contributed by atoms with Crippen molar-refractivity contribution in [3.05, 3.63) is 33.9 Å². The quantitative estimate of drug-likeness (QED) is 0.474. The van der Waals surface area contributed by atoms with Crippen molar-refractivity contribution in [1.29, 1.82) is 0 Å². The Balaban J connectivity index is 2.14. The minimum absolute atomic E-state index is 0.0149. The maximum absolute atomic E-state index is 11.9. The lowest BCUT2D eigenvalue weighted by atomic mass is 10.0. The number of nitro groups is 1. The van der Waals surface area contributed by atoms with E-state index in [4.69, 9.17) is 9.84 Å². The highest BCUT2D eigenvalue weighted by Gasteiger charge is 2.25. The number of aryl methyl sites for hydroxylation is 1. The average Bonchev–Trinajstić information content (AvgIpc) is 2.44. The van der Waals surface area contributed by atoms with Crippen LogP contribution in [0.3, 0.4) is 0 Å². The Labute approximate surface area is 115 Å². The smallest absolute Gasteiger partial charge is 0.269 e. The van der Waals surface area contributed by atoms with Gasteiger partial charge < -0.3 is 14.7 Å². The van der Waals surface area contributed by atoms with Gasteiger partial charge in [-0.25, -0.2) is 0 Å². The van der Waals surface area contributed by atoms with E-state index in [1.807, 2.05) is 0 Å². The molecule has 0 bridgehead atoms. The van der Waals surface area contributed by atoms with Crippen molar-refractivity contribution in [2.75, 3.05) is 31.3 Å². The highest BCUT2D eigenvalue weighted by Crippen LogP contribution is 2.30. The van der Waals surface area contributed by atoms with E-state index in [1.165, 1.54) is 12.1 Å². The van der Waals surface area contributed by atoms with E-state index in [0.717, 1.165) is 5.56 Å². The summed E-state index contributed by atoms with van der Waals surface area (Å²) >= 11 is 0. The third-order valence-corrected chi connectivity index (χ3v) is 3.17. The molecule has 1 N–H and O–H groups in total. The number of carbonyl (C=O) groups excluding carboxylic acids is 1. The molecule has 1 amide bonds. The number of non-ortho nitro benzene ring substituents is 1. The number of hydrogen-bond donors (Lipinski definition) is 1. The lowest BCUT2D eigenvalue weighted by Gasteiger charge is -2.29. The van der Waals surface area contributed by atoms with Crippen molar-refractivity contribution in [2.24, 2.45) is 0 Å². The van der Waals surface area contributed by atoms with Crippen LogP contribution in [0.25, 0.3) is 0 Å². The Bertz CT molecular complexity index is 517. The van der Waals surface area contributed by atoms with Gasteiger partial charge >= 0.3 is 0 Å². The first-order chi connectivity index (χ1) is 9.63. The number of aliphatic hydroxyl groups excluding tert-OH is 1. The molecule has 108 valence electrons. The molecule has 0 atom stereocenters. The predicted octanol–water partition coefficient (Wildman–Crippen LogP) is 0.883. The van der Waals surface area contributed by atoms with Gasteiger partial charge in [-0.05, 0) is 18.1 Å². The number of carbonyl (C=O) groups is 1. The zero-order valence-electron chi connectivity index (χ0n) is 10.9. The van der Waals surface area contributed by atoms with E-state index in [2.05, 4.69) is 0 Å². The SMILES string of the molecule is O=C1CCc2cc([N+](=O)[O-])ccc2N1CCOCCO. The third-order valence-electron chi connectivity index (χ3n) is 3.17. The summed E-state index contributed by atoms with van der Waals surface area (Å²) in [6, 6.07) is 4.53. The van der Waals surface area contributed by atoms with Crippen LogP contribution in [0.15, 0.2) is 18.2 Å². The minimum Gasteiger partial charge on any atom is -0.394 e. The van der Waals surface area contributed by atoms with Gasteiger partial charge in [0.05, 0.1) is 24.7 Å². The number of amides is 1. The van der Waals surface area contributed by atoms with Crippen LogP contribution in [-0.2, 0) is 16.0 Å². The van der Waals surface area contributed by atoms with Crippen molar-refractivity contribution in [3.8, 4) is 0 Å². The number of nitro benzene ring substituents is 1. The number of aliphatic hydroxyl groups is 1. The molecular weight excluding hydrogens is 264 g/mol. The second-order valence-electron chi connectivity index (χ2n) is 4.45. The highest BCUT2D eigenvalue weighted by atomic mass is 16.6. The summed E-state index contributed by atoms with van der Waals surface area (Å²) < 4.78 is 5.16. The Morgan fingerprint density at radius 3 is 2.85 bits per heavy atom. The van der Waals surface area contributed by atoms with Gasteiger partial charge in [0, 0.05) is 30.8 Å². The van der Waals surface area contributed by atoms with Gasteiger partial charge in [-0.1, -0.05) is 0 Å². The summed E-state index contributed by atoms with van der Waals surface area (Å²) in [5.74, 6) is -0.0149. The van der Waals surface area contributed by atoms with Crippen LogP contribution in [0.1, 0.15) is 12.0 Å². The molecular formula is C13H16N2O5. The fourth-order valence-electron chi connectivity index (χ4n) is 2.23. The van der Waals surface area contributed by atoms with E-state index in [1.54, 1.807) is 11.0 Å². The van der Waals surface area contributed by atoms with Crippen LogP contribution in [-0.4, -0.2) is 42.3 Å². The van der Waals surface area contributed by atoms with Gasteiger partial charge in [0.1, 0.15) is 0 Å². The van der Waals surface area contributed by atoms with E-state index in [9.17, 15) is 14.9 Å². The number of hydrogen-bond acceptors (Lipinski definition) is 5. The Morgan fingerprint density at radius 2 is 2.15 bits per heavy atom. The normalized spacial score (nSPS) is 14.2. The predicted molar refractivity (Wildman–Crippen MR) is 71.7 cm³/mol. The molecule has 1 aliphatic heterocycles. The van der Waals surface area contributed by atoms with Gasteiger partial charge in [0.2, 0.25) is 5.91 Å². The second kappa shape index (κ2) is 6.44. The van der Waals surface area contributed by atoms with Crippen LogP contribution in [0.2, 0.25) is 0 Å².